The second-order valence-corrected chi connectivity index (χ2v) is 5.50. The Hall–Kier alpha value is -1.58. The Morgan fingerprint density at radius 1 is 1.29 bits per heavy atom. The molecule has 4 heteroatoms. The van der Waals surface area contributed by atoms with Crippen molar-refractivity contribution in [1.82, 2.24) is 4.98 Å². The molecule has 2 atom stereocenters. The third kappa shape index (κ3) is 4.73. The van der Waals surface area contributed by atoms with Crippen LogP contribution in [-0.2, 0) is 12.8 Å². The fourth-order valence-corrected chi connectivity index (χ4v) is 2.18. The van der Waals surface area contributed by atoms with E-state index in [-0.39, 0.29) is 6.10 Å². The Balaban J connectivity index is 1.93. The average molecular weight is 306 g/mol. The van der Waals surface area contributed by atoms with Crippen LogP contribution in [0.1, 0.15) is 25.1 Å². The Kier molecular flexibility index (Phi) is 5.59. The largest absolute Gasteiger partial charge is 0.488 e. The summed E-state index contributed by atoms with van der Waals surface area (Å²) in [6.45, 7) is 3.93. The topological polar surface area (TPSA) is 42.4 Å². The Bertz CT molecular complexity index is 571. The summed E-state index contributed by atoms with van der Waals surface area (Å²) in [5.41, 5.74) is 2.05. The van der Waals surface area contributed by atoms with Gasteiger partial charge < -0.3 is 9.84 Å². The molecular formula is C17H20ClNO2. The van der Waals surface area contributed by atoms with E-state index in [1.807, 2.05) is 37.4 Å². The minimum Gasteiger partial charge on any atom is -0.488 e. The van der Waals surface area contributed by atoms with Crippen molar-refractivity contribution in [3.05, 3.63) is 58.9 Å². The quantitative estimate of drug-likeness (QED) is 0.885. The smallest absolute Gasteiger partial charge is 0.122 e. The van der Waals surface area contributed by atoms with Crippen LogP contribution in [0.15, 0.2) is 42.6 Å². The fourth-order valence-electron chi connectivity index (χ4n) is 2.00. The molecule has 1 aromatic carbocycles. The second kappa shape index (κ2) is 7.43. The van der Waals surface area contributed by atoms with Crippen molar-refractivity contribution < 1.29 is 9.84 Å². The van der Waals surface area contributed by atoms with Crippen molar-refractivity contribution in [2.75, 3.05) is 0 Å². The van der Waals surface area contributed by atoms with Gasteiger partial charge in [-0.25, -0.2) is 0 Å². The third-order valence-corrected chi connectivity index (χ3v) is 3.61. The van der Waals surface area contributed by atoms with Gasteiger partial charge in [0.15, 0.2) is 0 Å². The first-order valence-electron chi connectivity index (χ1n) is 7.12. The molecule has 0 aliphatic heterocycles. The molecule has 1 heterocycles. The van der Waals surface area contributed by atoms with Crippen molar-refractivity contribution in [3.63, 3.8) is 0 Å². The van der Waals surface area contributed by atoms with Gasteiger partial charge in [-0.3, -0.25) is 4.98 Å². The van der Waals surface area contributed by atoms with Gasteiger partial charge in [0.25, 0.3) is 0 Å². The molecule has 0 spiro atoms. The lowest BCUT2D eigenvalue weighted by atomic mass is 10.1. The molecule has 0 saturated carbocycles. The predicted molar refractivity (Wildman–Crippen MR) is 84.9 cm³/mol. The van der Waals surface area contributed by atoms with Gasteiger partial charge in [-0.05, 0) is 43.2 Å². The lowest BCUT2D eigenvalue weighted by molar-refractivity contribution is 0.0472. The molecule has 0 bridgehead atoms. The van der Waals surface area contributed by atoms with E-state index in [4.69, 9.17) is 16.3 Å². The SMILES string of the molecule is CCc1ccc(CC(O)C(C)Oc2cccc(Cl)c2)nc1. The number of hydrogen-bond acceptors (Lipinski definition) is 3. The zero-order valence-corrected chi connectivity index (χ0v) is 13.0. The molecule has 0 saturated heterocycles. The first kappa shape index (κ1) is 15.8. The predicted octanol–water partition coefficient (Wildman–Crippen LogP) is 3.67. The van der Waals surface area contributed by atoms with E-state index in [1.165, 1.54) is 5.56 Å². The summed E-state index contributed by atoms with van der Waals surface area (Å²) in [5, 5.41) is 10.8. The first-order chi connectivity index (χ1) is 10.1. The number of halogens is 1. The van der Waals surface area contributed by atoms with Crippen LogP contribution in [0.5, 0.6) is 5.75 Å². The number of pyridine rings is 1. The molecule has 1 N–H and O–H groups in total. The van der Waals surface area contributed by atoms with E-state index >= 15 is 0 Å². The van der Waals surface area contributed by atoms with E-state index in [9.17, 15) is 5.11 Å². The number of rotatable bonds is 6. The zero-order valence-electron chi connectivity index (χ0n) is 12.3. The molecule has 112 valence electrons. The Morgan fingerprint density at radius 3 is 2.71 bits per heavy atom. The molecule has 2 unspecified atom stereocenters. The monoisotopic (exact) mass is 305 g/mol. The van der Waals surface area contributed by atoms with Crippen LogP contribution < -0.4 is 4.74 Å². The third-order valence-electron chi connectivity index (χ3n) is 3.37. The lowest BCUT2D eigenvalue weighted by Gasteiger charge is -2.20. The molecule has 21 heavy (non-hydrogen) atoms. The molecule has 1 aromatic heterocycles. The van der Waals surface area contributed by atoms with Gasteiger partial charge in [-0.2, -0.15) is 0 Å². The fraction of sp³-hybridized carbons (Fsp3) is 0.353. The molecular weight excluding hydrogens is 286 g/mol. The van der Waals surface area contributed by atoms with Crippen LogP contribution in [0.4, 0.5) is 0 Å². The van der Waals surface area contributed by atoms with Gasteiger partial charge in [0.1, 0.15) is 11.9 Å². The number of benzene rings is 1. The number of aliphatic hydroxyl groups excluding tert-OH is 1. The minimum atomic E-state index is -0.621. The number of aliphatic hydroxyl groups is 1. The highest BCUT2D eigenvalue weighted by Gasteiger charge is 2.17. The number of nitrogens with zero attached hydrogens (tertiary/aromatic N) is 1. The van der Waals surface area contributed by atoms with Crippen molar-refractivity contribution in [1.29, 1.82) is 0 Å². The standard InChI is InChI=1S/C17H20ClNO2/c1-3-13-7-8-15(19-11-13)10-17(20)12(2)21-16-6-4-5-14(18)9-16/h4-9,11-12,17,20H,3,10H2,1-2H3. The van der Waals surface area contributed by atoms with E-state index in [2.05, 4.69) is 11.9 Å². The van der Waals surface area contributed by atoms with Gasteiger partial charge >= 0.3 is 0 Å². The summed E-state index contributed by atoms with van der Waals surface area (Å²) >= 11 is 5.91. The number of aryl methyl sites for hydroxylation is 1. The van der Waals surface area contributed by atoms with Crippen molar-refractivity contribution in [3.8, 4) is 5.75 Å². The highest BCUT2D eigenvalue weighted by Crippen LogP contribution is 2.19. The average Bonchev–Trinajstić information content (AvgIpc) is 2.48. The van der Waals surface area contributed by atoms with Gasteiger partial charge in [-0.1, -0.05) is 30.7 Å². The molecule has 2 aromatic rings. The van der Waals surface area contributed by atoms with Crippen LogP contribution >= 0.6 is 11.6 Å². The molecule has 0 aliphatic rings. The first-order valence-corrected chi connectivity index (χ1v) is 7.50. The summed E-state index contributed by atoms with van der Waals surface area (Å²) in [5.74, 6) is 0.656. The zero-order chi connectivity index (χ0) is 15.2. The number of aromatic nitrogens is 1. The highest BCUT2D eigenvalue weighted by molar-refractivity contribution is 6.30. The van der Waals surface area contributed by atoms with E-state index < -0.39 is 6.10 Å². The van der Waals surface area contributed by atoms with Gasteiger partial charge in [0, 0.05) is 23.3 Å². The summed E-state index contributed by atoms with van der Waals surface area (Å²) < 4.78 is 5.71. The van der Waals surface area contributed by atoms with Crippen LogP contribution in [0.25, 0.3) is 0 Å². The van der Waals surface area contributed by atoms with Crippen LogP contribution in [0.2, 0.25) is 5.02 Å². The van der Waals surface area contributed by atoms with Crippen molar-refractivity contribution in [2.24, 2.45) is 0 Å². The lowest BCUT2D eigenvalue weighted by Crippen LogP contribution is -2.30. The summed E-state index contributed by atoms with van der Waals surface area (Å²) in [6, 6.07) is 11.2. The molecule has 2 rings (SSSR count). The van der Waals surface area contributed by atoms with Gasteiger partial charge in [-0.15, -0.1) is 0 Å². The maximum absolute atomic E-state index is 10.2. The van der Waals surface area contributed by atoms with E-state index in [1.54, 1.807) is 12.1 Å². The Labute approximate surface area is 130 Å². The van der Waals surface area contributed by atoms with Crippen molar-refractivity contribution >= 4 is 11.6 Å². The molecule has 0 fully saturated rings. The highest BCUT2D eigenvalue weighted by atomic mass is 35.5. The second-order valence-electron chi connectivity index (χ2n) is 5.06. The molecule has 0 radical (unpaired) electrons. The van der Waals surface area contributed by atoms with Gasteiger partial charge in [0.2, 0.25) is 0 Å². The summed E-state index contributed by atoms with van der Waals surface area (Å²) in [6.07, 6.45) is 2.32. The molecule has 0 aliphatic carbocycles. The number of hydrogen-bond donors (Lipinski definition) is 1. The number of ether oxygens (including phenoxy) is 1. The summed E-state index contributed by atoms with van der Waals surface area (Å²) in [4.78, 5) is 4.36. The van der Waals surface area contributed by atoms with Crippen LogP contribution in [0, 0.1) is 0 Å². The normalized spacial score (nSPS) is 13.7. The van der Waals surface area contributed by atoms with E-state index in [0.717, 1.165) is 12.1 Å². The molecule has 0 amide bonds. The van der Waals surface area contributed by atoms with E-state index in [0.29, 0.717) is 17.2 Å². The van der Waals surface area contributed by atoms with Gasteiger partial charge in [0.05, 0.1) is 6.10 Å². The minimum absolute atomic E-state index is 0.337. The van der Waals surface area contributed by atoms with Crippen LogP contribution in [0.3, 0.4) is 0 Å². The maximum atomic E-state index is 10.2. The summed E-state index contributed by atoms with van der Waals surface area (Å²) in [7, 11) is 0. The Morgan fingerprint density at radius 2 is 2.10 bits per heavy atom. The molecule has 3 nitrogen and oxygen atoms in total. The van der Waals surface area contributed by atoms with Crippen LogP contribution in [-0.4, -0.2) is 22.3 Å². The van der Waals surface area contributed by atoms with Crippen molar-refractivity contribution in [2.45, 2.75) is 38.9 Å². The maximum Gasteiger partial charge on any atom is 0.122 e.